The number of halogens is 2. The van der Waals surface area contributed by atoms with Crippen LogP contribution in [0.5, 0.6) is 0 Å². The highest BCUT2D eigenvalue weighted by Crippen LogP contribution is 2.23. The SMILES string of the molecule is Cc1noc(CN2CCN(C(=O)c3ccc(Cl)cc3Cl)CC2)n1. The number of aryl methyl sites for hydroxylation is 1. The lowest BCUT2D eigenvalue weighted by molar-refractivity contribution is 0.0615. The van der Waals surface area contributed by atoms with Crippen molar-refractivity contribution in [1.82, 2.24) is 19.9 Å². The fraction of sp³-hybridized carbons (Fsp3) is 0.400. The maximum atomic E-state index is 12.5. The number of amides is 1. The van der Waals surface area contributed by atoms with Gasteiger partial charge in [-0.05, 0) is 25.1 Å². The summed E-state index contributed by atoms with van der Waals surface area (Å²) in [4.78, 5) is 20.7. The predicted molar refractivity (Wildman–Crippen MR) is 86.7 cm³/mol. The summed E-state index contributed by atoms with van der Waals surface area (Å²) >= 11 is 12.0. The van der Waals surface area contributed by atoms with Gasteiger partial charge in [-0.15, -0.1) is 0 Å². The van der Waals surface area contributed by atoms with Crippen molar-refractivity contribution in [2.45, 2.75) is 13.5 Å². The van der Waals surface area contributed by atoms with E-state index in [0.717, 1.165) is 13.1 Å². The van der Waals surface area contributed by atoms with Crippen molar-refractivity contribution >= 4 is 29.1 Å². The molecule has 0 spiro atoms. The van der Waals surface area contributed by atoms with Gasteiger partial charge in [-0.2, -0.15) is 4.98 Å². The van der Waals surface area contributed by atoms with E-state index in [9.17, 15) is 4.79 Å². The third-order valence-corrected chi connectivity index (χ3v) is 4.30. The molecule has 1 saturated heterocycles. The maximum Gasteiger partial charge on any atom is 0.255 e. The second-order valence-electron chi connectivity index (χ2n) is 5.43. The Morgan fingerprint density at radius 1 is 1.26 bits per heavy atom. The van der Waals surface area contributed by atoms with E-state index < -0.39 is 0 Å². The van der Waals surface area contributed by atoms with Crippen molar-refractivity contribution in [2.24, 2.45) is 0 Å². The van der Waals surface area contributed by atoms with Gasteiger partial charge < -0.3 is 9.42 Å². The molecular weight excluding hydrogens is 339 g/mol. The number of carbonyl (C=O) groups is 1. The lowest BCUT2D eigenvalue weighted by atomic mass is 10.2. The van der Waals surface area contributed by atoms with E-state index in [2.05, 4.69) is 15.0 Å². The molecule has 0 bridgehead atoms. The summed E-state index contributed by atoms with van der Waals surface area (Å²) in [5.74, 6) is 1.16. The molecule has 1 aliphatic rings. The van der Waals surface area contributed by atoms with Crippen LogP contribution < -0.4 is 0 Å². The van der Waals surface area contributed by atoms with Crippen molar-refractivity contribution in [3.05, 3.63) is 45.5 Å². The van der Waals surface area contributed by atoms with Gasteiger partial charge in [0.1, 0.15) is 0 Å². The lowest BCUT2D eigenvalue weighted by Crippen LogP contribution is -2.48. The number of carbonyl (C=O) groups excluding carboxylic acids is 1. The largest absolute Gasteiger partial charge is 0.338 e. The minimum atomic E-state index is -0.0695. The Bertz CT molecular complexity index is 711. The van der Waals surface area contributed by atoms with Crippen molar-refractivity contribution in [1.29, 1.82) is 0 Å². The minimum Gasteiger partial charge on any atom is -0.338 e. The second-order valence-corrected chi connectivity index (χ2v) is 6.27. The Kier molecular flexibility index (Phi) is 4.84. The Hall–Kier alpha value is -1.63. The summed E-state index contributed by atoms with van der Waals surface area (Å²) in [6.45, 7) is 5.15. The molecule has 3 rings (SSSR count). The van der Waals surface area contributed by atoms with Gasteiger partial charge in [0.25, 0.3) is 5.91 Å². The number of rotatable bonds is 3. The highest BCUT2D eigenvalue weighted by molar-refractivity contribution is 6.36. The predicted octanol–water partition coefficient (Wildman–Crippen LogP) is 2.64. The molecule has 1 fully saturated rings. The Morgan fingerprint density at radius 2 is 2.00 bits per heavy atom. The van der Waals surface area contributed by atoms with Crippen molar-refractivity contribution in [2.75, 3.05) is 26.2 Å². The Balaban J connectivity index is 1.59. The first-order valence-corrected chi connectivity index (χ1v) is 8.04. The van der Waals surface area contributed by atoms with Crippen LogP contribution in [0, 0.1) is 6.92 Å². The van der Waals surface area contributed by atoms with Crippen LogP contribution in [-0.2, 0) is 6.54 Å². The summed E-state index contributed by atoms with van der Waals surface area (Å²) in [6.07, 6.45) is 0. The van der Waals surface area contributed by atoms with Gasteiger partial charge in [-0.25, -0.2) is 0 Å². The average Bonchev–Trinajstić information content (AvgIpc) is 2.92. The molecule has 0 N–H and O–H groups in total. The molecule has 1 aromatic carbocycles. The van der Waals surface area contributed by atoms with Gasteiger partial charge in [0.05, 0.1) is 17.1 Å². The van der Waals surface area contributed by atoms with Crippen molar-refractivity contribution < 1.29 is 9.32 Å². The van der Waals surface area contributed by atoms with Crippen LogP contribution in [0.15, 0.2) is 22.7 Å². The van der Waals surface area contributed by atoms with Crippen LogP contribution in [0.2, 0.25) is 10.0 Å². The van der Waals surface area contributed by atoms with Crippen molar-refractivity contribution in [3.63, 3.8) is 0 Å². The van der Waals surface area contributed by atoms with E-state index in [1.54, 1.807) is 30.0 Å². The summed E-state index contributed by atoms with van der Waals surface area (Å²) in [7, 11) is 0. The van der Waals surface area contributed by atoms with Crippen LogP contribution in [0.4, 0.5) is 0 Å². The summed E-state index contributed by atoms with van der Waals surface area (Å²) in [5.41, 5.74) is 0.483. The van der Waals surface area contributed by atoms with Gasteiger partial charge >= 0.3 is 0 Å². The van der Waals surface area contributed by atoms with Crippen LogP contribution in [0.1, 0.15) is 22.1 Å². The number of hydrogen-bond donors (Lipinski definition) is 0. The van der Waals surface area contributed by atoms with Gasteiger partial charge in [0.2, 0.25) is 5.89 Å². The molecule has 6 nitrogen and oxygen atoms in total. The van der Waals surface area contributed by atoms with E-state index in [4.69, 9.17) is 27.7 Å². The molecule has 1 aliphatic heterocycles. The first kappa shape index (κ1) is 16.2. The highest BCUT2D eigenvalue weighted by Gasteiger charge is 2.24. The zero-order chi connectivity index (χ0) is 16.4. The molecule has 1 aromatic heterocycles. The smallest absolute Gasteiger partial charge is 0.255 e. The Morgan fingerprint density at radius 3 is 2.61 bits per heavy atom. The molecule has 0 unspecified atom stereocenters. The van der Waals surface area contributed by atoms with Crippen LogP contribution >= 0.6 is 23.2 Å². The first-order chi connectivity index (χ1) is 11.0. The van der Waals surface area contributed by atoms with Crippen LogP contribution in [-0.4, -0.2) is 52.0 Å². The molecular formula is C15H16Cl2N4O2. The van der Waals surface area contributed by atoms with E-state index in [1.165, 1.54) is 0 Å². The maximum absolute atomic E-state index is 12.5. The molecule has 2 aromatic rings. The van der Waals surface area contributed by atoms with Gasteiger partial charge in [0, 0.05) is 31.2 Å². The molecule has 0 radical (unpaired) electrons. The molecule has 0 atom stereocenters. The fourth-order valence-electron chi connectivity index (χ4n) is 2.54. The molecule has 2 heterocycles. The number of benzene rings is 1. The van der Waals surface area contributed by atoms with E-state index >= 15 is 0 Å². The van der Waals surface area contributed by atoms with Crippen molar-refractivity contribution in [3.8, 4) is 0 Å². The monoisotopic (exact) mass is 354 g/mol. The number of hydrogen-bond acceptors (Lipinski definition) is 5. The standard InChI is InChI=1S/C15H16Cl2N4O2/c1-10-18-14(23-19-10)9-20-4-6-21(7-5-20)15(22)12-3-2-11(16)8-13(12)17/h2-3,8H,4-7,9H2,1H3. The minimum absolute atomic E-state index is 0.0695. The van der Waals surface area contributed by atoms with E-state index in [1.807, 2.05) is 0 Å². The van der Waals surface area contributed by atoms with Gasteiger partial charge in [0.15, 0.2) is 5.82 Å². The third kappa shape index (κ3) is 3.83. The summed E-state index contributed by atoms with van der Waals surface area (Å²) < 4.78 is 5.12. The fourth-order valence-corrected chi connectivity index (χ4v) is 3.03. The molecule has 1 amide bonds. The number of nitrogens with zero attached hydrogens (tertiary/aromatic N) is 4. The van der Waals surface area contributed by atoms with Crippen LogP contribution in [0.25, 0.3) is 0 Å². The number of aromatic nitrogens is 2. The molecule has 23 heavy (non-hydrogen) atoms. The quantitative estimate of drug-likeness (QED) is 0.847. The number of piperazine rings is 1. The molecule has 0 aliphatic carbocycles. The van der Waals surface area contributed by atoms with Gasteiger partial charge in [-0.3, -0.25) is 9.69 Å². The summed E-state index contributed by atoms with van der Waals surface area (Å²) in [5, 5.41) is 4.68. The molecule has 0 saturated carbocycles. The average molecular weight is 355 g/mol. The Labute approximate surface area is 144 Å². The lowest BCUT2D eigenvalue weighted by Gasteiger charge is -2.34. The van der Waals surface area contributed by atoms with Gasteiger partial charge in [-0.1, -0.05) is 28.4 Å². The zero-order valence-electron chi connectivity index (χ0n) is 12.6. The third-order valence-electron chi connectivity index (χ3n) is 3.75. The first-order valence-electron chi connectivity index (χ1n) is 7.29. The topological polar surface area (TPSA) is 62.5 Å². The highest BCUT2D eigenvalue weighted by atomic mass is 35.5. The van der Waals surface area contributed by atoms with E-state index in [0.29, 0.717) is 47.0 Å². The summed E-state index contributed by atoms with van der Waals surface area (Å²) in [6, 6.07) is 4.93. The molecule has 122 valence electrons. The van der Waals surface area contributed by atoms with Crippen LogP contribution in [0.3, 0.4) is 0 Å². The van der Waals surface area contributed by atoms with E-state index in [-0.39, 0.29) is 5.91 Å². The normalized spacial score (nSPS) is 15.9. The zero-order valence-corrected chi connectivity index (χ0v) is 14.1. The molecule has 8 heteroatoms. The second kappa shape index (κ2) is 6.86.